The molecule has 0 spiro atoms. The van der Waals surface area contributed by atoms with Gasteiger partial charge in [-0.25, -0.2) is 0 Å². The lowest BCUT2D eigenvalue weighted by molar-refractivity contribution is 0.195. The van der Waals surface area contributed by atoms with E-state index in [1.807, 2.05) is 18.2 Å². The molecule has 0 fully saturated rings. The van der Waals surface area contributed by atoms with Crippen LogP contribution in [0.3, 0.4) is 0 Å². The van der Waals surface area contributed by atoms with Gasteiger partial charge in [-0.1, -0.05) is 56.0 Å². The topological polar surface area (TPSA) is 29.3 Å². The van der Waals surface area contributed by atoms with Crippen LogP contribution in [0.5, 0.6) is 0 Å². The third-order valence-corrected chi connectivity index (χ3v) is 4.25. The maximum Gasteiger partial charge on any atom is 0.0500 e. The largest absolute Gasteiger partial charge is 0.329 e. The molecule has 0 radical (unpaired) electrons. The molecule has 0 aliphatic carbocycles. The van der Waals surface area contributed by atoms with E-state index in [1.54, 1.807) is 0 Å². The van der Waals surface area contributed by atoms with E-state index in [4.69, 9.17) is 28.9 Å². The van der Waals surface area contributed by atoms with Crippen molar-refractivity contribution >= 4 is 23.2 Å². The molecule has 0 amide bonds. The van der Waals surface area contributed by atoms with Crippen LogP contribution >= 0.6 is 23.2 Å². The predicted octanol–water partition coefficient (Wildman–Crippen LogP) is 4.90. The van der Waals surface area contributed by atoms with E-state index in [1.165, 1.54) is 25.7 Å². The van der Waals surface area contributed by atoms with Crippen LogP contribution in [0.15, 0.2) is 18.2 Å². The average Bonchev–Trinajstić information content (AvgIpc) is 2.44. The monoisotopic (exact) mass is 316 g/mol. The SMILES string of the molecule is CCCCN(CCCC)C(CN)c1c(Cl)cccc1Cl. The second kappa shape index (κ2) is 9.62. The number of hydrogen-bond acceptors (Lipinski definition) is 2. The fourth-order valence-electron chi connectivity index (χ4n) is 2.42. The van der Waals surface area contributed by atoms with Crippen molar-refractivity contribution < 1.29 is 0 Å². The molecule has 2 N–H and O–H groups in total. The van der Waals surface area contributed by atoms with Gasteiger partial charge in [0.25, 0.3) is 0 Å². The van der Waals surface area contributed by atoms with Crippen LogP contribution in [0, 0.1) is 0 Å². The summed E-state index contributed by atoms with van der Waals surface area (Å²) in [6, 6.07) is 5.77. The maximum absolute atomic E-state index is 6.35. The molecule has 4 heteroatoms. The summed E-state index contributed by atoms with van der Waals surface area (Å²) in [5, 5.41) is 1.43. The second-order valence-corrected chi connectivity index (χ2v) is 5.94. The van der Waals surface area contributed by atoms with E-state index < -0.39 is 0 Å². The summed E-state index contributed by atoms with van der Waals surface area (Å²) in [7, 11) is 0. The van der Waals surface area contributed by atoms with E-state index in [9.17, 15) is 0 Å². The van der Waals surface area contributed by atoms with E-state index in [-0.39, 0.29) is 6.04 Å². The van der Waals surface area contributed by atoms with Gasteiger partial charge in [0.1, 0.15) is 0 Å². The predicted molar refractivity (Wildman–Crippen MR) is 89.6 cm³/mol. The molecular formula is C16H26Cl2N2. The van der Waals surface area contributed by atoms with Gasteiger partial charge < -0.3 is 5.73 Å². The molecule has 0 aromatic heterocycles. The van der Waals surface area contributed by atoms with Crippen molar-refractivity contribution in [2.45, 2.75) is 45.6 Å². The summed E-state index contributed by atoms with van der Waals surface area (Å²) in [5.41, 5.74) is 7.01. The van der Waals surface area contributed by atoms with Gasteiger partial charge in [-0.3, -0.25) is 4.90 Å². The second-order valence-electron chi connectivity index (χ2n) is 5.13. The van der Waals surface area contributed by atoms with Crippen molar-refractivity contribution in [3.63, 3.8) is 0 Å². The summed E-state index contributed by atoms with van der Waals surface area (Å²) in [4.78, 5) is 2.43. The van der Waals surface area contributed by atoms with Crippen LogP contribution < -0.4 is 5.73 Å². The molecule has 0 aliphatic heterocycles. The molecule has 20 heavy (non-hydrogen) atoms. The van der Waals surface area contributed by atoms with Crippen LogP contribution in [-0.4, -0.2) is 24.5 Å². The first kappa shape index (κ1) is 17.8. The fraction of sp³-hybridized carbons (Fsp3) is 0.625. The van der Waals surface area contributed by atoms with Crippen molar-refractivity contribution in [2.75, 3.05) is 19.6 Å². The number of unbranched alkanes of at least 4 members (excludes halogenated alkanes) is 2. The van der Waals surface area contributed by atoms with E-state index >= 15 is 0 Å². The minimum atomic E-state index is 0.106. The quantitative estimate of drug-likeness (QED) is 0.702. The van der Waals surface area contributed by atoms with Gasteiger partial charge >= 0.3 is 0 Å². The molecule has 0 saturated carbocycles. The Balaban J connectivity index is 2.98. The Morgan fingerprint density at radius 3 is 1.95 bits per heavy atom. The van der Waals surface area contributed by atoms with Gasteiger partial charge in [0.2, 0.25) is 0 Å². The van der Waals surface area contributed by atoms with Crippen molar-refractivity contribution in [3.05, 3.63) is 33.8 Å². The lowest BCUT2D eigenvalue weighted by atomic mass is 10.0. The molecule has 2 nitrogen and oxygen atoms in total. The van der Waals surface area contributed by atoms with E-state index in [0.717, 1.165) is 18.7 Å². The zero-order chi connectivity index (χ0) is 15.0. The standard InChI is InChI=1S/C16H26Cl2N2/c1-3-5-10-20(11-6-4-2)15(12-19)16-13(17)8-7-9-14(16)18/h7-9,15H,3-6,10-12,19H2,1-2H3. The van der Waals surface area contributed by atoms with Crippen molar-refractivity contribution in [1.82, 2.24) is 4.90 Å². The molecular weight excluding hydrogens is 291 g/mol. The molecule has 0 heterocycles. The van der Waals surface area contributed by atoms with E-state index in [0.29, 0.717) is 16.6 Å². The minimum Gasteiger partial charge on any atom is -0.329 e. The van der Waals surface area contributed by atoms with E-state index in [2.05, 4.69) is 18.7 Å². The molecule has 0 saturated heterocycles. The molecule has 1 unspecified atom stereocenters. The van der Waals surface area contributed by atoms with Crippen LogP contribution in [0.2, 0.25) is 10.0 Å². The van der Waals surface area contributed by atoms with Gasteiger partial charge in [-0.05, 0) is 38.1 Å². The molecule has 0 aliphatic rings. The molecule has 1 rings (SSSR count). The molecule has 1 aromatic carbocycles. The average molecular weight is 317 g/mol. The molecule has 1 aromatic rings. The molecule has 0 bridgehead atoms. The van der Waals surface area contributed by atoms with Crippen molar-refractivity contribution in [1.29, 1.82) is 0 Å². The Morgan fingerprint density at radius 1 is 1.05 bits per heavy atom. The van der Waals surface area contributed by atoms with Crippen LogP contribution in [0.25, 0.3) is 0 Å². The molecule has 114 valence electrons. The highest BCUT2D eigenvalue weighted by Crippen LogP contribution is 2.33. The Kier molecular flexibility index (Phi) is 8.55. The Labute approximate surface area is 133 Å². The summed E-state index contributed by atoms with van der Waals surface area (Å²) in [6.07, 6.45) is 4.69. The Hall–Kier alpha value is -0.280. The normalized spacial score (nSPS) is 12.9. The van der Waals surface area contributed by atoms with Gasteiger partial charge in [0.15, 0.2) is 0 Å². The first-order valence-corrected chi connectivity index (χ1v) is 8.29. The lowest BCUT2D eigenvalue weighted by Gasteiger charge is -2.32. The molecule has 1 atom stereocenters. The summed E-state index contributed by atoms with van der Waals surface area (Å²) >= 11 is 12.7. The summed E-state index contributed by atoms with van der Waals surface area (Å²) in [6.45, 7) is 7.03. The van der Waals surface area contributed by atoms with Gasteiger partial charge in [-0.15, -0.1) is 0 Å². The maximum atomic E-state index is 6.35. The third-order valence-electron chi connectivity index (χ3n) is 3.59. The lowest BCUT2D eigenvalue weighted by Crippen LogP contribution is -2.35. The Morgan fingerprint density at radius 2 is 1.55 bits per heavy atom. The van der Waals surface area contributed by atoms with Crippen LogP contribution in [0.4, 0.5) is 0 Å². The van der Waals surface area contributed by atoms with Gasteiger partial charge in [0, 0.05) is 28.2 Å². The van der Waals surface area contributed by atoms with Crippen molar-refractivity contribution in [3.8, 4) is 0 Å². The van der Waals surface area contributed by atoms with Gasteiger partial charge in [0.05, 0.1) is 0 Å². The zero-order valence-electron chi connectivity index (χ0n) is 12.5. The third kappa shape index (κ3) is 4.92. The minimum absolute atomic E-state index is 0.106. The Bertz CT molecular complexity index is 368. The smallest absolute Gasteiger partial charge is 0.0500 e. The van der Waals surface area contributed by atoms with Crippen LogP contribution in [0.1, 0.15) is 51.1 Å². The fourth-order valence-corrected chi connectivity index (χ4v) is 3.07. The first-order valence-electron chi connectivity index (χ1n) is 7.53. The highest BCUT2D eigenvalue weighted by molar-refractivity contribution is 6.36. The summed E-state index contributed by atoms with van der Waals surface area (Å²) in [5.74, 6) is 0. The van der Waals surface area contributed by atoms with Crippen molar-refractivity contribution in [2.24, 2.45) is 5.73 Å². The summed E-state index contributed by atoms with van der Waals surface area (Å²) < 4.78 is 0. The number of halogens is 2. The van der Waals surface area contributed by atoms with Gasteiger partial charge in [-0.2, -0.15) is 0 Å². The first-order chi connectivity index (χ1) is 9.65. The number of benzene rings is 1. The highest BCUT2D eigenvalue weighted by Gasteiger charge is 2.22. The zero-order valence-corrected chi connectivity index (χ0v) is 14.1. The van der Waals surface area contributed by atoms with Crippen LogP contribution in [-0.2, 0) is 0 Å². The number of nitrogens with zero attached hydrogens (tertiary/aromatic N) is 1. The number of nitrogens with two attached hydrogens (primary N) is 1. The number of rotatable bonds is 9. The highest BCUT2D eigenvalue weighted by atomic mass is 35.5. The number of hydrogen-bond donors (Lipinski definition) is 1.